The molecule has 4 nitrogen and oxygen atoms in total. The number of nitrogens with one attached hydrogen (secondary N) is 1. The molecule has 1 aromatic rings. The minimum Gasteiger partial charge on any atom is -0.396 e. The highest BCUT2D eigenvalue weighted by Gasteiger charge is 2.34. The Bertz CT molecular complexity index is 499. The van der Waals surface area contributed by atoms with E-state index in [1.165, 1.54) is 12.0 Å². The van der Waals surface area contributed by atoms with Gasteiger partial charge in [0, 0.05) is 25.7 Å². The maximum absolute atomic E-state index is 13.0. The van der Waals surface area contributed by atoms with Gasteiger partial charge in [0.1, 0.15) is 6.04 Å². The zero-order valence-electron chi connectivity index (χ0n) is 12.4. The van der Waals surface area contributed by atoms with Crippen LogP contribution in [0.3, 0.4) is 0 Å². The van der Waals surface area contributed by atoms with Crippen molar-refractivity contribution in [1.82, 2.24) is 10.2 Å². The van der Waals surface area contributed by atoms with Gasteiger partial charge in [0.05, 0.1) is 0 Å². The number of carbonyl (C=O) groups is 1. The fraction of sp³-hybridized carbons (Fsp3) is 0.588. The van der Waals surface area contributed by atoms with Crippen molar-refractivity contribution < 1.29 is 9.90 Å². The van der Waals surface area contributed by atoms with Crippen LogP contribution in [0.25, 0.3) is 0 Å². The molecule has 0 spiro atoms. The highest BCUT2D eigenvalue weighted by atomic mass is 16.3. The molecule has 1 fully saturated rings. The standard InChI is InChI=1S/C17H24N2O2/c20-12-4-11-19(14-6-3-7-14)17(21)16-15-8-2-1-5-13(15)9-10-18-16/h1-2,5,8,14,16,18,20H,3-4,6-7,9-12H2. The van der Waals surface area contributed by atoms with E-state index in [1.54, 1.807) is 0 Å². The second kappa shape index (κ2) is 6.58. The number of rotatable bonds is 5. The van der Waals surface area contributed by atoms with E-state index < -0.39 is 0 Å². The Hall–Kier alpha value is -1.39. The molecular formula is C17H24N2O2. The number of benzene rings is 1. The molecule has 0 aromatic heterocycles. The van der Waals surface area contributed by atoms with Crippen molar-refractivity contribution in [3.8, 4) is 0 Å². The van der Waals surface area contributed by atoms with Crippen LogP contribution in [0, 0.1) is 0 Å². The Morgan fingerprint density at radius 3 is 2.86 bits per heavy atom. The van der Waals surface area contributed by atoms with Crippen molar-refractivity contribution in [1.29, 1.82) is 0 Å². The first-order valence-electron chi connectivity index (χ1n) is 8.04. The SMILES string of the molecule is O=C(C1NCCc2ccccc21)N(CCCO)C1CCC1. The molecule has 1 atom stereocenters. The van der Waals surface area contributed by atoms with Crippen LogP contribution in [0.2, 0.25) is 0 Å². The highest BCUT2D eigenvalue weighted by Crippen LogP contribution is 2.30. The minimum absolute atomic E-state index is 0.144. The molecule has 1 aliphatic carbocycles. The second-order valence-electron chi connectivity index (χ2n) is 6.03. The van der Waals surface area contributed by atoms with Gasteiger partial charge in [-0.15, -0.1) is 0 Å². The van der Waals surface area contributed by atoms with Crippen molar-refractivity contribution in [2.75, 3.05) is 19.7 Å². The van der Waals surface area contributed by atoms with Crippen LogP contribution in [-0.4, -0.2) is 41.7 Å². The summed E-state index contributed by atoms with van der Waals surface area (Å²) in [5, 5.41) is 12.5. The maximum Gasteiger partial charge on any atom is 0.244 e. The summed E-state index contributed by atoms with van der Waals surface area (Å²) in [6, 6.07) is 8.40. The van der Waals surface area contributed by atoms with Crippen LogP contribution >= 0.6 is 0 Å². The lowest BCUT2D eigenvalue weighted by Crippen LogP contribution is -2.50. The summed E-state index contributed by atoms with van der Waals surface area (Å²) in [6.07, 6.45) is 5.07. The quantitative estimate of drug-likeness (QED) is 0.866. The molecule has 114 valence electrons. The molecule has 0 bridgehead atoms. The van der Waals surface area contributed by atoms with Gasteiger partial charge in [0.25, 0.3) is 0 Å². The lowest BCUT2D eigenvalue weighted by Gasteiger charge is -2.40. The van der Waals surface area contributed by atoms with E-state index in [0.29, 0.717) is 19.0 Å². The van der Waals surface area contributed by atoms with Gasteiger partial charge < -0.3 is 15.3 Å². The Morgan fingerprint density at radius 1 is 1.33 bits per heavy atom. The van der Waals surface area contributed by atoms with E-state index in [4.69, 9.17) is 5.11 Å². The van der Waals surface area contributed by atoms with Gasteiger partial charge in [-0.1, -0.05) is 24.3 Å². The Morgan fingerprint density at radius 2 is 2.14 bits per heavy atom. The van der Waals surface area contributed by atoms with Gasteiger partial charge in [-0.05, 0) is 43.2 Å². The summed E-state index contributed by atoms with van der Waals surface area (Å²) in [7, 11) is 0. The summed E-state index contributed by atoms with van der Waals surface area (Å²) in [5.41, 5.74) is 2.41. The Balaban J connectivity index is 1.79. The first kappa shape index (κ1) is 14.5. The molecule has 1 unspecified atom stereocenters. The molecule has 1 amide bonds. The molecule has 2 N–H and O–H groups in total. The molecule has 4 heteroatoms. The topological polar surface area (TPSA) is 52.6 Å². The number of aliphatic hydroxyl groups excluding tert-OH is 1. The number of fused-ring (bicyclic) bond motifs is 1. The fourth-order valence-corrected chi connectivity index (χ4v) is 3.30. The zero-order chi connectivity index (χ0) is 14.7. The number of hydrogen-bond acceptors (Lipinski definition) is 3. The molecule has 1 aromatic carbocycles. The average Bonchev–Trinajstić information content (AvgIpc) is 2.48. The number of carbonyl (C=O) groups excluding carboxylic acids is 1. The number of hydrogen-bond donors (Lipinski definition) is 2. The van der Waals surface area contributed by atoms with Crippen molar-refractivity contribution >= 4 is 5.91 Å². The van der Waals surface area contributed by atoms with Crippen molar-refractivity contribution in [3.05, 3.63) is 35.4 Å². The van der Waals surface area contributed by atoms with Gasteiger partial charge in [-0.25, -0.2) is 0 Å². The molecule has 21 heavy (non-hydrogen) atoms. The maximum atomic E-state index is 13.0. The van der Waals surface area contributed by atoms with Crippen LogP contribution in [0.4, 0.5) is 0 Å². The van der Waals surface area contributed by atoms with Gasteiger partial charge >= 0.3 is 0 Å². The summed E-state index contributed by atoms with van der Waals surface area (Å²) in [5.74, 6) is 0.181. The first-order valence-corrected chi connectivity index (χ1v) is 8.04. The smallest absolute Gasteiger partial charge is 0.244 e. The second-order valence-corrected chi connectivity index (χ2v) is 6.03. The van der Waals surface area contributed by atoms with E-state index in [2.05, 4.69) is 17.4 Å². The lowest BCUT2D eigenvalue weighted by molar-refractivity contribution is -0.138. The summed E-state index contributed by atoms with van der Waals surface area (Å²) >= 11 is 0. The zero-order valence-corrected chi connectivity index (χ0v) is 12.4. The van der Waals surface area contributed by atoms with E-state index >= 15 is 0 Å². The lowest BCUT2D eigenvalue weighted by atomic mass is 9.88. The number of aliphatic hydroxyl groups is 1. The van der Waals surface area contributed by atoms with Crippen LogP contribution in [0.5, 0.6) is 0 Å². The molecule has 3 rings (SSSR count). The van der Waals surface area contributed by atoms with Crippen molar-refractivity contribution in [2.24, 2.45) is 0 Å². The highest BCUT2D eigenvalue weighted by molar-refractivity contribution is 5.84. The third-order valence-corrected chi connectivity index (χ3v) is 4.71. The normalized spacial score (nSPS) is 21.5. The number of amides is 1. The predicted octanol–water partition coefficient (Wildman–Crippen LogP) is 1.64. The van der Waals surface area contributed by atoms with Crippen molar-refractivity contribution in [2.45, 2.75) is 44.2 Å². The fourth-order valence-electron chi connectivity index (χ4n) is 3.30. The minimum atomic E-state index is -0.214. The third kappa shape index (κ3) is 2.97. The van der Waals surface area contributed by atoms with Crippen molar-refractivity contribution in [3.63, 3.8) is 0 Å². The van der Waals surface area contributed by atoms with Gasteiger partial charge in [0.15, 0.2) is 0 Å². The molecule has 1 aliphatic heterocycles. The molecule has 1 heterocycles. The molecule has 2 aliphatic rings. The van der Waals surface area contributed by atoms with E-state index in [0.717, 1.165) is 31.4 Å². The third-order valence-electron chi connectivity index (χ3n) is 4.71. The van der Waals surface area contributed by atoms with E-state index in [9.17, 15) is 4.79 Å². The van der Waals surface area contributed by atoms with Crippen LogP contribution in [0.15, 0.2) is 24.3 Å². The molecule has 0 radical (unpaired) electrons. The average molecular weight is 288 g/mol. The summed E-state index contributed by atoms with van der Waals surface area (Å²) in [6.45, 7) is 1.66. The monoisotopic (exact) mass is 288 g/mol. The van der Waals surface area contributed by atoms with Gasteiger partial charge in [-0.3, -0.25) is 4.79 Å². The Kier molecular flexibility index (Phi) is 4.56. The summed E-state index contributed by atoms with van der Waals surface area (Å²) in [4.78, 5) is 15.0. The van der Waals surface area contributed by atoms with Gasteiger partial charge in [0.2, 0.25) is 5.91 Å². The first-order chi connectivity index (χ1) is 10.3. The van der Waals surface area contributed by atoms with E-state index in [-0.39, 0.29) is 18.6 Å². The largest absolute Gasteiger partial charge is 0.396 e. The Labute approximate surface area is 126 Å². The van der Waals surface area contributed by atoms with Gasteiger partial charge in [-0.2, -0.15) is 0 Å². The van der Waals surface area contributed by atoms with E-state index in [1.807, 2.05) is 17.0 Å². The summed E-state index contributed by atoms with van der Waals surface area (Å²) < 4.78 is 0. The molecule has 0 saturated heterocycles. The number of nitrogens with zero attached hydrogens (tertiary/aromatic N) is 1. The molecule has 1 saturated carbocycles. The van der Waals surface area contributed by atoms with Crippen LogP contribution < -0.4 is 5.32 Å². The molecular weight excluding hydrogens is 264 g/mol. The van der Waals surface area contributed by atoms with Crippen LogP contribution in [0.1, 0.15) is 42.9 Å². The van der Waals surface area contributed by atoms with Crippen LogP contribution in [-0.2, 0) is 11.2 Å². The predicted molar refractivity (Wildman–Crippen MR) is 81.9 cm³/mol.